The van der Waals surface area contributed by atoms with Crippen LogP contribution in [-0.4, -0.2) is 33.1 Å². The lowest BCUT2D eigenvalue weighted by Gasteiger charge is -2.14. The summed E-state index contributed by atoms with van der Waals surface area (Å²) in [5, 5.41) is 9.41. The molecule has 0 unspecified atom stereocenters. The minimum atomic E-state index is -4.82. The Morgan fingerprint density at radius 2 is 1.58 bits per heavy atom. The summed E-state index contributed by atoms with van der Waals surface area (Å²) in [5.74, 6) is -0.347. The first-order valence-electron chi connectivity index (χ1n) is 8.67. The minimum Gasteiger partial charge on any atom is -0.480 e. The summed E-state index contributed by atoms with van der Waals surface area (Å²) in [6.07, 6.45) is -3.73. The predicted molar refractivity (Wildman–Crippen MR) is 106 cm³/mol. The van der Waals surface area contributed by atoms with Crippen LogP contribution in [0.4, 0.5) is 13.2 Å². The third kappa shape index (κ3) is 5.13. The van der Waals surface area contributed by atoms with Gasteiger partial charge in [-0.05, 0) is 48.0 Å². The van der Waals surface area contributed by atoms with Gasteiger partial charge in [-0.3, -0.25) is 0 Å². The number of ether oxygens (including phenoxy) is 2. The van der Waals surface area contributed by atoms with Crippen LogP contribution < -0.4 is 9.47 Å². The van der Waals surface area contributed by atoms with Gasteiger partial charge in [0.2, 0.25) is 5.88 Å². The van der Waals surface area contributed by atoms with E-state index in [0.29, 0.717) is 22.4 Å². The van der Waals surface area contributed by atoms with Gasteiger partial charge in [-0.2, -0.15) is 5.26 Å². The number of sulfone groups is 1. The topological polar surface area (TPSA) is 89.3 Å². The van der Waals surface area contributed by atoms with Crippen LogP contribution in [0.25, 0.3) is 22.4 Å². The van der Waals surface area contributed by atoms with Crippen molar-refractivity contribution < 1.29 is 31.1 Å². The molecule has 0 saturated heterocycles. The third-order valence-electron chi connectivity index (χ3n) is 4.26. The van der Waals surface area contributed by atoms with Crippen molar-refractivity contribution in [3.8, 4) is 40.1 Å². The molecule has 0 spiro atoms. The maximum atomic E-state index is 12.4. The fourth-order valence-electron chi connectivity index (χ4n) is 2.87. The zero-order valence-corrected chi connectivity index (χ0v) is 17.1. The maximum Gasteiger partial charge on any atom is 0.573 e. The van der Waals surface area contributed by atoms with Gasteiger partial charge in [0.1, 0.15) is 17.4 Å². The van der Waals surface area contributed by atoms with Gasteiger partial charge in [-0.25, -0.2) is 13.4 Å². The van der Waals surface area contributed by atoms with E-state index < -0.39 is 21.9 Å². The van der Waals surface area contributed by atoms with Crippen LogP contribution in [-0.2, 0) is 9.84 Å². The molecule has 3 aromatic rings. The molecule has 0 fully saturated rings. The molecule has 0 bridgehead atoms. The fourth-order valence-corrected chi connectivity index (χ4v) is 3.50. The molecule has 6 nitrogen and oxygen atoms in total. The summed E-state index contributed by atoms with van der Waals surface area (Å²) < 4.78 is 69.8. The van der Waals surface area contributed by atoms with Crippen LogP contribution in [0, 0.1) is 11.3 Å². The van der Waals surface area contributed by atoms with Gasteiger partial charge in [0.15, 0.2) is 9.84 Å². The number of hydrogen-bond donors (Lipinski definition) is 0. The molecule has 0 N–H and O–H groups in total. The van der Waals surface area contributed by atoms with Gasteiger partial charge >= 0.3 is 6.36 Å². The van der Waals surface area contributed by atoms with Gasteiger partial charge in [0, 0.05) is 17.4 Å². The van der Waals surface area contributed by atoms with Crippen molar-refractivity contribution in [2.45, 2.75) is 11.3 Å². The number of pyridine rings is 1. The number of methoxy groups -OCH3 is 1. The molecule has 10 heteroatoms. The Morgan fingerprint density at radius 3 is 2.06 bits per heavy atom. The highest BCUT2D eigenvalue weighted by molar-refractivity contribution is 7.90. The second-order valence-electron chi connectivity index (χ2n) is 6.42. The first-order chi connectivity index (χ1) is 14.5. The van der Waals surface area contributed by atoms with E-state index in [0.717, 1.165) is 18.4 Å². The number of nitrogens with zero attached hydrogens (tertiary/aromatic N) is 2. The van der Waals surface area contributed by atoms with Gasteiger partial charge in [0.25, 0.3) is 0 Å². The van der Waals surface area contributed by atoms with Crippen LogP contribution in [0.2, 0.25) is 0 Å². The number of rotatable bonds is 5. The summed E-state index contributed by atoms with van der Waals surface area (Å²) >= 11 is 0. The smallest absolute Gasteiger partial charge is 0.480 e. The predicted octanol–water partition coefficient (Wildman–Crippen LogP) is 4.60. The second kappa shape index (κ2) is 8.28. The Labute approximate surface area is 176 Å². The van der Waals surface area contributed by atoms with Crippen molar-refractivity contribution in [3.63, 3.8) is 0 Å². The highest BCUT2D eigenvalue weighted by Crippen LogP contribution is 2.36. The Bertz CT molecular complexity index is 1250. The number of nitriles is 1. The molecule has 2 aromatic carbocycles. The van der Waals surface area contributed by atoms with E-state index in [1.165, 1.54) is 37.4 Å². The lowest BCUT2D eigenvalue weighted by Crippen LogP contribution is -2.16. The molecule has 0 radical (unpaired) electrons. The van der Waals surface area contributed by atoms with Gasteiger partial charge in [0.05, 0.1) is 17.7 Å². The minimum absolute atomic E-state index is 0.0459. The number of benzene rings is 2. The van der Waals surface area contributed by atoms with E-state index >= 15 is 0 Å². The highest BCUT2D eigenvalue weighted by atomic mass is 32.2. The Morgan fingerprint density at radius 1 is 1.00 bits per heavy atom. The zero-order valence-electron chi connectivity index (χ0n) is 16.3. The molecule has 0 aliphatic carbocycles. The van der Waals surface area contributed by atoms with E-state index in [2.05, 4.69) is 9.72 Å². The molecule has 160 valence electrons. The Hall–Kier alpha value is -3.58. The lowest BCUT2D eigenvalue weighted by atomic mass is 9.98. The molecular formula is C21H15F3N2O4S. The first-order valence-corrected chi connectivity index (χ1v) is 10.6. The average Bonchev–Trinajstić information content (AvgIpc) is 2.71. The first kappa shape index (κ1) is 22.1. The monoisotopic (exact) mass is 448 g/mol. The largest absolute Gasteiger partial charge is 0.573 e. The molecule has 31 heavy (non-hydrogen) atoms. The van der Waals surface area contributed by atoms with E-state index in [-0.39, 0.29) is 16.3 Å². The standard InChI is InChI=1S/C21H15F3N2O4S/c1-29-20-15(12-25)11-18(13-5-9-17(10-6-13)31(2,27)28)19(26-20)14-3-7-16(8-4-14)30-21(22,23)24/h3-11H,1-2H3. The van der Waals surface area contributed by atoms with E-state index in [9.17, 15) is 26.9 Å². The van der Waals surface area contributed by atoms with Crippen LogP contribution in [0.15, 0.2) is 59.5 Å². The fraction of sp³-hybridized carbons (Fsp3) is 0.143. The number of aromatic nitrogens is 1. The van der Waals surface area contributed by atoms with Crippen LogP contribution >= 0.6 is 0 Å². The Balaban J connectivity index is 2.14. The van der Waals surface area contributed by atoms with Gasteiger partial charge < -0.3 is 9.47 Å². The van der Waals surface area contributed by atoms with Crippen LogP contribution in [0.5, 0.6) is 11.6 Å². The molecular weight excluding hydrogens is 433 g/mol. The third-order valence-corrected chi connectivity index (χ3v) is 5.38. The van der Waals surface area contributed by atoms with Crippen molar-refractivity contribution >= 4 is 9.84 Å². The molecule has 1 heterocycles. The molecule has 0 aliphatic rings. The zero-order chi connectivity index (χ0) is 22.8. The van der Waals surface area contributed by atoms with Crippen molar-refractivity contribution in [2.75, 3.05) is 13.4 Å². The molecule has 3 rings (SSSR count). The molecule has 0 amide bonds. The second-order valence-corrected chi connectivity index (χ2v) is 8.44. The SMILES string of the molecule is COc1nc(-c2ccc(OC(F)(F)F)cc2)c(-c2ccc(S(C)(=O)=O)cc2)cc1C#N. The quantitative estimate of drug-likeness (QED) is 0.567. The number of alkyl halides is 3. The maximum absolute atomic E-state index is 12.4. The summed E-state index contributed by atoms with van der Waals surface area (Å²) in [7, 11) is -2.06. The number of hydrogen-bond acceptors (Lipinski definition) is 6. The molecule has 0 aliphatic heterocycles. The lowest BCUT2D eigenvalue weighted by molar-refractivity contribution is -0.274. The molecule has 0 atom stereocenters. The van der Waals surface area contributed by atoms with Crippen molar-refractivity contribution in [2.24, 2.45) is 0 Å². The molecule has 0 saturated carbocycles. The summed E-state index contributed by atoms with van der Waals surface area (Å²) in [6.45, 7) is 0. The Kier molecular flexibility index (Phi) is 5.90. The van der Waals surface area contributed by atoms with Crippen LogP contribution in [0.3, 0.4) is 0 Å². The van der Waals surface area contributed by atoms with Crippen molar-refractivity contribution in [3.05, 3.63) is 60.2 Å². The number of halogens is 3. The average molecular weight is 448 g/mol. The van der Waals surface area contributed by atoms with E-state index in [1.807, 2.05) is 6.07 Å². The van der Waals surface area contributed by atoms with Crippen LogP contribution in [0.1, 0.15) is 5.56 Å². The van der Waals surface area contributed by atoms with E-state index in [4.69, 9.17) is 4.74 Å². The normalized spacial score (nSPS) is 11.6. The van der Waals surface area contributed by atoms with Crippen molar-refractivity contribution in [1.82, 2.24) is 4.98 Å². The van der Waals surface area contributed by atoms with Crippen molar-refractivity contribution in [1.29, 1.82) is 5.26 Å². The van der Waals surface area contributed by atoms with E-state index in [1.54, 1.807) is 12.1 Å². The van der Waals surface area contributed by atoms with Gasteiger partial charge in [-0.15, -0.1) is 13.2 Å². The van der Waals surface area contributed by atoms with Gasteiger partial charge in [-0.1, -0.05) is 12.1 Å². The molecule has 1 aromatic heterocycles. The summed E-state index contributed by atoms with van der Waals surface area (Å²) in [6, 6.07) is 14.5. The summed E-state index contributed by atoms with van der Waals surface area (Å²) in [4.78, 5) is 4.48. The highest BCUT2D eigenvalue weighted by Gasteiger charge is 2.31. The summed E-state index contributed by atoms with van der Waals surface area (Å²) in [5.41, 5.74) is 1.96.